The van der Waals surface area contributed by atoms with Crippen molar-refractivity contribution in [3.8, 4) is 6.07 Å². The summed E-state index contributed by atoms with van der Waals surface area (Å²) in [7, 11) is 0. The lowest BCUT2D eigenvalue weighted by atomic mass is 10.1. The molecule has 0 aliphatic rings. The van der Waals surface area contributed by atoms with E-state index in [-0.39, 0.29) is 6.10 Å². The first-order chi connectivity index (χ1) is 7.91. The second-order valence-corrected chi connectivity index (χ2v) is 4.22. The van der Waals surface area contributed by atoms with E-state index in [0.29, 0.717) is 0 Å². The number of hydrogen-bond acceptors (Lipinski definition) is 2. The summed E-state index contributed by atoms with van der Waals surface area (Å²) in [5.74, 6) is -2.01. The lowest BCUT2D eigenvalue weighted by Gasteiger charge is -2.17. The van der Waals surface area contributed by atoms with Crippen molar-refractivity contribution in [2.45, 2.75) is 58.2 Å². The van der Waals surface area contributed by atoms with Crippen LogP contribution in [0.2, 0.25) is 0 Å². The van der Waals surface area contributed by atoms with Gasteiger partial charge < -0.3 is 4.74 Å². The summed E-state index contributed by atoms with van der Waals surface area (Å²) in [6.07, 6.45) is 0.330. The summed E-state index contributed by atoms with van der Waals surface area (Å²) in [5, 5.41) is 8.37. The Morgan fingerprint density at radius 3 is 2.35 bits per heavy atom. The SMILES string of the molecule is CCCCCCC(C)OCC(C#N)C(F)(F)F. The minimum atomic E-state index is -4.49. The summed E-state index contributed by atoms with van der Waals surface area (Å²) >= 11 is 0. The maximum Gasteiger partial charge on any atom is 0.406 e. The maximum atomic E-state index is 12.2. The van der Waals surface area contributed by atoms with E-state index in [0.717, 1.165) is 32.1 Å². The Balaban J connectivity index is 3.75. The molecule has 0 fully saturated rings. The van der Waals surface area contributed by atoms with Crippen LogP contribution in [0.15, 0.2) is 0 Å². The Labute approximate surface area is 101 Å². The number of nitrogens with zero attached hydrogens (tertiary/aromatic N) is 1. The van der Waals surface area contributed by atoms with Crippen LogP contribution in [0.25, 0.3) is 0 Å². The van der Waals surface area contributed by atoms with Gasteiger partial charge in [0.05, 0.1) is 18.8 Å². The Kier molecular flexibility index (Phi) is 7.98. The van der Waals surface area contributed by atoms with Crippen LogP contribution in [-0.2, 0) is 4.74 Å². The number of ether oxygens (including phenoxy) is 1. The Morgan fingerprint density at radius 2 is 1.88 bits per heavy atom. The van der Waals surface area contributed by atoms with Gasteiger partial charge in [-0.05, 0) is 13.3 Å². The number of rotatable bonds is 8. The minimum absolute atomic E-state index is 0.218. The van der Waals surface area contributed by atoms with Crippen molar-refractivity contribution in [3.63, 3.8) is 0 Å². The molecule has 0 heterocycles. The molecule has 2 atom stereocenters. The van der Waals surface area contributed by atoms with Crippen molar-refractivity contribution < 1.29 is 17.9 Å². The Morgan fingerprint density at radius 1 is 1.24 bits per heavy atom. The minimum Gasteiger partial charge on any atom is -0.377 e. The molecule has 0 rings (SSSR count). The molecule has 0 radical (unpaired) electrons. The van der Waals surface area contributed by atoms with Gasteiger partial charge in [-0.3, -0.25) is 0 Å². The highest BCUT2D eigenvalue weighted by molar-refractivity contribution is 4.88. The highest BCUT2D eigenvalue weighted by atomic mass is 19.4. The van der Waals surface area contributed by atoms with E-state index < -0.39 is 18.7 Å². The highest BCUT2D eigenvalue weighted by Gasteiger charge is 2.40. The van der Waals surface area contributed by atoms with Gasteiger partial charge in [0.1, 0.15) is 0 Å². The smallest absolute Gasteiger partial charge is 0.377 e. The number of hydrogen-bond donors (Lipinski definition) is 0. The largest absolute Gasteiger partial charge is 0.406 e. The standard InChI is InChI=1S/C12H20F3NO/c1-3-4-5-6-7-10(2)17-9-11(8-16)12(13,14)15/h10-11H,3-7,9H2,1-2H3. The monoisotopic (exact) mass is 251 g/mol. The number of halogens is 3. The van der Waals surface area contributed by atoms with Gasteiger partial charge in [-0.15, -0.1) is 0 Å². The van der Waals surface area contributed by atoms with E-state index in [1.807, 2.05) is 0 Å². The van der Waals surface area contributed by atoms with Crippen LogP contribution in [0, 0.1) is 17.2 Å². The summed E-state index contributed by atoms with van der Waals surface area (Å²) in [6, 6.07) is 1.22. The van der Waals surface area contributed by atoms with Crippen molar-refractivity contribution >= 4 is 0 Å². The number of alkyl halides is 3. The molecule has 0 aliphatic carbocycles. The van der Waals surface area contributed by atoms with E-state index in [9.17, 15) is 13.2 Å². The van der Waals surface area contributed by atoms with Gasteiger partial charge in [0.25, 0.3) is 0 Å². The lowest BCUT2D eigenvalue weighted by Crippen LogP contribution is -2.27. The van der Waals surface area contributed by atoms with Gasteiger partial charge in [-0.2, -0.15) is 18.4 Å². The van der Waals surface area contributed by atoms with E-state index in [2.05, 4.69) is 6.92 Å². The third kappa shape index (κ3) is 8.03. The van der Waals surface area contributed by atoms with Gasteiger partial charge in [-0.1, -0.05) is 32.6 Å². The molecule has 2 unspecified atom stereocenters. The molecule has 0 aromatic rings. The first-order valence-electron chi connectivity index (χ1n) is 5.99. The fraction of sp³-hybridized carbons (Fsp3) is 0.917. The molecule has 0 aliphatic heterocycles. The van der Waals surface area contributed by atoms with Crippen LogP contribution in [0.4, 0.5) is 13.2 Å². The van der Waals surface area contributed by atoms with Crippen LogP contribution >= 0.6 is 0 Å². The molecule has 0 N–H and O–H groups in total. The number of unbranched alkanes of at least 4 members (excludes halogenated alkanes) is 3. The molecule has 0 spiro atoms. The molecule has 0 saturated carbocycles. The molecule has 0 amide bonds. The van der Waals surface area contributed by atoms with E-state index in [1.54, 1.807) is 6.92 Å². The maximum absolute atomic E-state index is 12.2. The fourth-order valence-corrected chi connectivity index (χ4v) is 1.41. The van der Waals surface area contributed by atoms with Crippen molar-refractivity contribution in [2.75, 3.05) is 6.61 Å². The zero-order chi connectivity index (χ0) is 13.3. The Bertz CT molecular complexity index is 235. The second kappa shape index (κ2) is 8.35. The van der Waals surface area contributed by atoms with Crippen LogP contribution in [0.1, 0.15) is 46.0 Å². The average Bonchev–Trinajstić information content (AvgIpc) is 2.23. The number of nitriles is 1. The zero-order valence-electron chi connectivity index (χ0n) is 10.4. The first-order valence-corrected chi connectivity index (χ1v) is 5.99. The van der Waals surface area contributed by atoms with E-state index in [1.165, 1.54) is 6.07 Å². The van der Waals surface area contributed by atoms with Crippen molar-refractivity contribution in [2.24, 2.45) is 5.92 Å². The molecule has 17 heavy (non-hydrogen) atoms. The highest BCUT2D eigenvalue weighted by Crippen LogP contribution is 2.26. The normalized spacial score (nSPS) is 15.3. The first kappa shape index (κ1) is 16.2. The van der Waals surface area contributed by atoms with E-state index in [4.69, 9.17) is 10.00 Å². The second-order valence-electron chi connectivity index (χ2n) is 4.22. The summed E-state index contributed by atoms with van der Waals surface area (Å²) in [5.41, 5.74) is 0. The fourth-order valence-electron chi connectivity index (χ4n) is 1.41. The Hall–Kier alpha value is -0.760. The molecule has 2 nitrogen and oxygen atoms in total. The van der Waals surface area contributed by atoms with Gasteiger partial charge in [0.15, 0.2) is 5.92 Å². The van der Waals surface area contributed by atoms with Crippen LogP contribution < -0.4 is 0 Å². The molecular formula is C12H20F3NO. The molecule has 5 heteroatoms. The molecular weight excluding hydrogens is 231 g/mol. The summed E-state index contributed by atoms with van der Waals surface area (Å²) in [6.45, 7) is 3.28. The summed E-state index contributed by atoms with van der Waals surface area (Å²) < 4.78 is 41.7. The quantitative estimate of drug-likeness (QED) is 0.609. The molecule has 100 valence electrons. The predicted molar refractivity (Wildman–Crippen MR) is 59.3 cm³/mol. The molecule has 0 aromatic heterocycles. The van der Waals surface area contributed by atoms with Gasteiger partial charge in [0.2, 0.25) is 0 Å². The lowest BCUT2D eigenvalue weighted by molar-refractivity contribution is -0.175. The van der Waals surface area contributed by atoms with Gasteiger partial charge >= 0.3 is 6.18 Å². The molecule has 0 bridgehead atoms. The van der Waals surface area contributed by atoms with Crippen LogP contribution in [-0.4, -0.2) is 18.9 Å². The predicted octanol–water partition coefficient (Wildman–Crippen LogP) is 4.06. The molecule has 0 saturated heterocycles. The van der Waals surface area contributed by atoms with Crippen molar-refractivity contribution in [3.05, 3.63) is 0 Å². The van der Waals surface area contributed by atoms with Crippen LogP contribution in [0.5, 0.6) is 0 Å². The van der Waals surface area contributed by atoms with Crippen molar-refractivity contribution in [1.82, 2.24) is 0 Å². The third-order valence-electron chi connectivity index (χ3n) is 2.56. The van der Waals surface area contributed by atoms with Gasteiger partial charge in [0, 0.05) is 0 Å². The average molecular weight is 251 g/mol. The summed E-state index contributed by atoms with van der Waals surface area (Å²) in [4.78, 5) is 0. The molecule has 0 aromatic carbocycles. The van der Waals surface area contributed by atoms with Crippen LogP contribution in [0.3, 0.4) is 0 Å². The van der Waals surface area contributed by atoms with Gasteiger partial charge in [-0.25, -0.2) is 0 Å². The topological polar surface area (TPSA) is 33.0 Å². The zero-order valence-corrected chi connectivity index (χ0v) is 10.4. The van der Waals surface area contributed by atoms with Crippen molar-refractivity contribution in [1.29, 1.82) is 5.26 Å². The van der Waals surface area contributed by atoms with E-state index >= 15 is 0 Å². The third-order valence-corrected chi connectivity index (χ3v) is 2.56.